The van der Waals surface area contributed by atoms with Crippen molar-refractivity contribution in [3.05, 3.63) is 39.5 Å². The summed E-state index contributed by atoms with van der Waals surface area (Å²) in [7, 11) is 1.61. The van der Waals surface area contributed by atoms with Gasteiger partial charge in [0.1, 0.15) is 5.82 Å². The monoisotopic (exact) mass is 348 g/mol. The molecule has 0 aliphatic rings. The Labute approximate surface area is 121 Å². The van der Waals surface area contributed by atoms with E-state index >= 15 is 0 Å². The van der Waals surface area contributed by atoms with Crippen molar-refractivity contribution >= 4 is 45.0 Å². The quantitative estimate of drug-likeness (QED) is 0.881. The molecule has 0 aliphatic heterocycles. The van der Waals surface area contributed by atoms with Crippen LogP contribution in [-0.4, -0.2) is 17.0 Å². The molecule has 0 amide bonds. The Balaban J connectivity index is 2.41. The number of halogens is 4. The number of benzene rings is 1. The van der Waals surface area contributed by atoms with E-state index in [2.05, 4.69) is 36.5 Å². The molecule has 0 aliphatic carbocycles. The van der Waals surface area contributed by atoms with Gasteiger partial charge >= 0.3 is 0 Å². The first kappa shape index (κ1) is 14.0. The third-order valence-corrected chi connectivity index (χ3v) is 3.14. The molecule has 100 valence electrons. The number of nitrogens with one attached hydrogen (secondary N) is 2. The van der Waals surface area contributed by atoms with E-state index < -0.39 is 11.6 Å². The van der Waals surface area contributed by atoms with Crippen molar-refractivity contribution in [3.63, 3.8) is 0 Å². The number of hydrogen-bond donors (Lipinski definition) is 2. The fourth-order valence-electron chi connectivity index (χ4n) is 1.36. The minimum absolute atomic E-state index is 0.0615. The number of aromatic nitrogens is 2. The molecule has 8 heteroatoms. The second-order valence-electron chi connectivity index (χ2n) is 3.51. The Kier molecular flexibility index (Phi) is 4.16. The number of anilines is 3. The average molecular weight is 350 g/mol. The van der Waals surface area contributed by atoms with Gasteiger partial charge in [0, 0.05) is 11.5 Å². The lowest BCUT2D eigenvalue weighted by atomic mass is 10.3. The summed E-state index contributed by atoms with van der Waals surface area (Å²) in [6.07, 6.45) is 1.02. The standard InChI is InChI=1S/C11H8BrClF2N4/c1-16-11-17-4-8(15)10(19-11)18-9-6(12)2-5(14)3-7(9)13/h2-4H,1H3,(H2,16,17,18,19). The van der Waals surface area contributed by atoms with Gasteiger partial charge in [0.2, 0.25) is 5.95 Å². The van der Waals surface area contributed by atoms with Crippen LogP contribution in [0, 0.1) is 11.6 Å². The predicted molar refractivity (Wildman–Crippen MR) is 73.9 cm³/mol. The second kappa shape index (κ2) is 5.66. The van der Waals surface area contributed by atoms with Crippen molar-refractivity contribution < 1.29 is 8.78 Å². The molecule has 0 fully saturated rings. The Morgan fingerprint density at radius 2 is 2.05 bits per heavy atom. The van der Waals surface area contributed by atoms with Crippen LogP contribution in [0.15, 0.2) is 22.8 Å². The van der Waals surface area contributed by atoms with Crippen molar-refractivity contribution in [1.82, 2.24) is 9.97 Å². The van der Waals surface area contributed by atoms with E-state index in [4.69, 9.17) is 11.6 Å². The molecule has 1 heterocycles. The summed E-state index contributed by atoms with van der Waals surface area (Å²) in [6.45, 7) is 0. The maximum Gasteiger partial charge on any atom is 0.224 e. The predicted octanol–water partition coefficient (Wildman–Crippen LogP) is 3.96. The molecule has 0 spiro atoms. The van der Waals surface area contributed by atoms with Gasteiger partial charge < -0.3 is 10.6 Å². The van der Waals surface area contributed by atoms with E-state index in [0.717, 1.165) is 12.3 Å². The first-order valence-corrected chi connectivity index (χ1v) is 6.30. The summed E-state index contributed by atoms with van der Waals surface area (Å²) in [4.78, 5) is 7.63. The normalized spacial score (nSPS) is 10.4. The highest BCUT2D eigenvalue weighted by atomic mass is 79.9. The molecule has 0 bridgehead atoms. The maximum atomic E-state index is 13.6. The van der Waals surface area contributed by atoms with Crippen LogP contribution in [-0.2, 0) is 0 Å². The van der Waals surface area contributed by atoms with Crippen molar-refractivity contribution in [2.24, 2.45) is 0 Å². The molecule has 0 atom stereocenters. The minimum Gasteiger partial charge on any atom is -0.357 e. The first-order valence-electron chi connectivity index (χ1n) is 5.13. The number of hydrogen-bond acceptors (Lipinski definition) is 4. The van der Waals surface area contributed by atoms with Crippen LogP contribution in [0.1, 0.15) is 0 Å². The molecule has 2 N–H and O–H groups in total. The van der Waals surface area contributed by atoms with Gasteiger partial charge in [-0.05, 0) is 28.1 Å². The van der Waals surface area contributed by atoms with Crippen LogP contribution in [0.4, 0.5) is 26.2 Å². The summed E-state index contributed by atoms with van der Waals surface area (Å²) in [5.74, 6) is -0.959. The van der Waals surface area contributed by atoms with Crippen molar-refractivity contribution in [2.75, 3.05) is 17.7 Å². The molecule has 2 rings (SSSR count). The summed E-state index contributed by atoms with van der Waals surface area (Å²) < 4.78 is 27.0. The minimum atomic E-state index is -0.647. The van der Waals surface area contributed by atoms with Crippen LogP contribution >= 0.6 is 27.5 Å². The molecule has 0 unspecified atom stereocenters. The molecular weight excluding hydrogens is 342 g/mol. The van der Waals surface area contributed by atoms with E-state index in [1.165, 1.54) is 6.07 Å². The van der Waals surface area contributed by atoms with E-state index in [1.807, 2.05) is 0 Å². The van der Waals surface area contributed by atoms with Gasteiger partial charge in [-0.25, -0.2) is 13.8 Å². The number of nitrogens with zero attached hydrogens (tertiary/aromatic N) is 2. The summed E-state index contributed by atoms with van der Waals surface area (Å²) in [6, 6.07) is 2.33. The lowest BCUT2D eigenvalue weighted by molar-refractivity contribution is 0.619. The maximum absolute atomic E-state index is 13.6. The van der Waals surface area contributed by atoms with Gasteiger partial charge in [-0.3, -0.25) is 0 Å². The third-order valence-electron chi connectivity index (χ3n) is 2.22. The summed E-state index contributed by atoms with van der Waals surface area (Å²) >= 11 is 9.04. The van der Waals surface area contributed by atoms with Gasteiger partial charge in [0.25, 0.3) is 0 Å². The van der Waals surface area contributed by atoms with E-state index in [9.17, 15) is 8.78 Å². The van der Waals surface area contributed by atoms with Crippen LogP contribution in [0.2, 0.25) is 5.02 Å². The highest BCUT2D eigenvalue weighted by Gasteiger charge is 2.12. The zero-order chi connectivity index (χ0) is 14.0. The highest BCUT2D eigenvalue weighted by molar-refractivity contribution is 9.10. The van der Waals surface area contributed by atoms with Gasteiger partial charge in [0.15, 0.2) is 11.6 Å². The van der Waals surface area contributed by atoms with E-state index in [-0.39, 0.29) is 16.8 Å². The van der Waals surface area contributed by atoms with Crippen molar-refractivity contribution in [3.8, 4) is 0 Å². The van der Waals surface area contributed by atoms with Gasteiger partial charge in [-0.2, -0.15) is 4.98 Å². The highest BCUT2D eigenvalue weighted by Crippen LogP contribution is 2.34. The molecule has 1 aromatic carbocycles. The Bertz CT molecular complexity index is 601. The van der Waals surface area contributed by atoms with Gasteiger partial charge in [0.05, 0.1) is 16.9 Å². The van der Waals surface area contributed by atoms with Crippen LogP contribution < -0.4 is 10.6 Å². The second-order valence-corrected chi connectivity index (χ2v) is 4.77. The fraction of sp³-hybridized carbons (Fsp3) is 0.0909. The van der Waals surface area contributed by atoms with Gasteiger partial charge in [-0.15, -0.1) is 0 Å². The molecule has 0 saturated carbocycles. The molecule has 19 heavy (non-hydrogen) atoms. The molecular formula is C11H8BrClF2N4. The van der Waals surface area contributed by atoms with Crippen LogP contribution in [0.5, 0.6) is 0 Å². The summed E-state index contributed by atoms with van der Waals surface area (Å²) in [5, 5.41) is 5.49. The Hall–Kier alpha value is -1.47. The lowest BCUT2D eigenvalue weighted by Gasteiger charge is -2.11. The molecule has 2 aromatic rings. The summed E-state index contributed by atoms with van der Waals surface area (Å²) in [5.41, 5.74) is 0.322. The number of rotatable bonds is 3. The van der Waals surface area contributed by atoms with E-state index in [1.54, 1.807) is 7.05 Å². The zero-order valence-electron chi connectivity index (χ0n) is 9.64. The molecule has 1 aromatic heterocycles. The molecule has 0 radical (unpaired) electrons. The molecule has 0 saturated heterocycles. The van der Waals surface area contributed by atoms with Crippen molar-refractivity contribution in [2.45, 2.75) is 0 Å². The Morgan fingerprint density at radius 1 is 1.32 bits per heavy atom. The average Bonchev–Trinajstić information content (AvgIpc) is 2.35. The van der Waals surface area contributed by atoms with Crippen molar-refractivity contribution in [1.29, 1.82) is 0 Å². The fourth-order valence-corrected chi connectivity index (χ4v) is 2.25. The zero-order valence-corrected chi connectivity index (χ0v) is 12.0. The first-order chi connectivity index (χ1) is 9.01. The smallest absolute Gasteiger partial charge is 0.224 e. The molecule has 4 nitrogen and oxygen atoms in total. The van der Waals surface area contributed by atoms with Crippen LogP contribution in [0.25, 0.3) is 0 Å². The third kappa shape index (κ3) is 3.10. The van der Waals surface area contributed by atoms with Gasteiger partial charge in [-0.1, -0.05) is 11.6 Å². The van der Waals surface area contributed by atoms with Crippen LogP contribution in [0.3, 0.4) is 0 Å². The largest absolute Gasteiger partial charge is 0.357 e. The SMILES string of the molecule is CNc1ncc(F)c(Nc2c(Cl)cc(F)cc2Br)n1. The Morgan fingerprint density at radius 3 is 2.68 bits per heavy atom. The lowest BCUT2D eigenvalue weighted by Crippen LogP contribution is -2.03. The topological polar surface area (TPSA) is 49.8 Å². The van der Waals surface area contributed by atoms with E-state index in [0.29, 0.717) is 10.2 Å².